The molecule has 1 N–H and O–H groups in total. The first-order valence-corrected chi connectivity index (χ1v) is 8.95. The van der Waals surface area contributed by atoms with Crippen LogP contribution in [-0.2, 0) is 6.54 Å². The monoisotopic (exact) mass is 349 g/mol. The van der Waals surface area contributed by atoms with Crippen LogP contribution in [0.1, 0.15) is 22.6 Å². The molecule has 3 heterocycles. The number of aryl methyl sites for hydroxylation is 2. The van der Waals surface area contributed by atoms with Crippen LogP contribution in [0.2, 0.25) is 0 Å². The number of nitrogens with zero attached hydrogens (tertiary/aromatic N) is 4. The van der Waals surface area contributed by atoms with Crippen molar-refractivity contribution in [3.05, 3.63) is 27.9 Å². The van der Waals surface area contributed by atoms with Gasteiger partial charge in [-0.2, -0.15) is 0 Å². The van der Waals surface area contributed by atoms with Crippen LogP contribution in [0.5, 0.6) is 0 Å². The summed E-state index contributed by atoms with van der Waals surface area (Å²) in [7, 11) is 2.13. The summed E-state index contributed by atoms with van der Waals surface area (Å²) in [6, 6.07) is -0.101. The third kappa shape index (κ3) is 3.93. The van der Waals surface area contributed by atoms with Crippen molar-refractivity contribution in [2.24, 2.45) is 5.92 Å². The summed E-state index contributed by atoms with van der Waals surface area (Å²) in [5.41, 5.74) is 3.84. The fourth-order valence-corrected chi connectivity index (χ4v) is 3.84. The molecule has 2 aromatic heterocycles. The van der Waals surface area contributed by atoms with Gasteiger partial charge in [-0.1, -0.05) is 5.16 Å². The molecule has 1 atom stereocenters. The van der Waals surface area contributed by atoms with Gasteiger partial charge in [0, 0.05) is 36.6 Å². The molecule has 0 unspecified atom stereocenters. The molecule has 24 heavy (non-hydrogen) atoms. The smallest absolute Gasteiger partial charge is 0.323 e. The molecule has 1 saturated heterocycles. The van der Waals surface area contributed by atoms with Crippen LogP contribution in [0.25, 0.3) is 0 Å². The lowest BCUT2D eigenvalue weighted by atomic mass is 10.1. The van der Waals surface area contributed by atoms with Crippen LogP contribution in [0, 0.1) is 19.8 Å². The number of urea groups is 1. The number of anilines is 1. The predicted molar refractivity (Wildman–Crippen MR) is 93.1 cm³/mol. The Kier molecular flexibility index (Phi) is 5.15. The highest BCUT2D eigenvalue weighted by molar-refractivity contribution is 7.09. The maximum absolute atomic E-state index is 12.3. The molecule has 7 nitrogen and oxygen atoms in total. The van der Waals surface area contributed by atoms with Crippen molar-refractivity contribution in [1.82, 2.24) is 19.9 Å². The molecule has 0 aliphatic carbocycles. The van der Waals surface area contributed by atoms with Crippen LogP contribution in [0.15, 0.2) is 16.3 Å². The topological polar surface area (TPSA) is 74.5 Å². The van der Waals surface area contributed by atoms with E-state index in [1.165, 1.54) is 11.1 Å². The van der Waals surface area contributed by atoms with E-state index >= 15 is 0 Å². The molecule has 0 bridgehead atoms. The van der Waals surface area contributed by atoms with Gasteiger partial charge in [0.05, 0.1) is 11.2 Å². The van der Waals surface area contributed by atoms with E-state index in [4.69, 9.17) is 4.52 Å². The van der Waals surface area contributed by atoms with Crippen molar-refractivity contribution in [2.75, 3.05) is 32.0 Å². The molecule has 0 spiro atoms. The first kappa shape index (κ1) is 16.9. The molecule has 0 saturated carbocycles. The van der Waals surface area contributed by atoms with Gasteiger partial charge in [-0.15, -0.1) is 11.3 Å². The zero-order valence-electron chi connectivity index (χ0n) is 14.3. The summed E-state index contributed by atoms with van der Waals surface area (Å²) in [5, 5.41) is 6.61. The Bertz CT molecular complexity index is 698. The molecular weight excluding hydrogens is 326 g/mol. The van der Waals surface area contributed by atoms with Gasteiger partial charge in [0.1, 0.15) is 6.26 Å². The molecule has 1 aliphatic rings. The number of likely N-dealkylation sites (tertiary alicyclic amines) is 1. The minimum absolute atomic E-state index is 0.101. The van der Waals surface area contributed by atoms with E-state index < -0.39 is 0 Å². The van der Waals surface area contributed by atoms with E-state index in [2.05, 4.69) is 27.4 Å². The summed E-state index contributed by atoms with van der Waals surface area (Å²) < 4.78 is 4.85. The number of thiazole rings is 1. The summed E-state index contributed by atoms with van der Waals surface area (Å²) in [6.45, 7) is 7.35. The van der Waals surface area contributed by atoms with Crippen molar-refractivity contribution in [2.45, 2.75) is 26.8 Å². The SMILES string of the molecule is Cc1conc1NC(=O)N1CC[C@H](CN(C)Cc2scnc2C)C1. The van der Waals surface area contributed by atoms with Crippen LogP contribution >= 0.6 is 11.3 Å². The highest BCUT2D eigenvalue weighted by atomic mass is 32.1. The molecule has 0 aromatic carbocycles. The van der Waals surface area contributed by atoms with Gasteiger partial charge in [-0.05, 0) is 33.2 Å². The highest BCUT2D eigenvalue weighted by Crippen LogP contribution is 2.21. The van der Waals surface area contributed by atoms with Crippen molar-refractivity contribution < 1.29 is 9.32 Å². The maximum Gasteiger partial charge on any atom is 0.323 e. The number of carbonyl (C=O) groups is 1. The molecule has 1 fully saturated rings. The van der Waals surface area contributed by atoms with Gasteiger partial charge < -0.3 is 14.3 Å². The average Bonchev–Trinajstić information content (AvgIpc) is 3.24. The zero-order chi connectivity index (χ0) is 17.1. The molecule has 8 heteroatoms. The fourth-order valence-electron chi connectivity index (χ4n) is 2.98. The van der Waals surface area contributed by atoms with E-state index in [-0.39, 0.29) is 6.03 Å². The first-order valence-electron chi connectivity index (χ1n) is 8.07. The van der Waals surface area contributed by atoms with Gasteiger partial charge in [-0.25, -0.2) is 9.78 Å². The molecule has 3 rings (SSSR count). The summed E-state index contributed by atoms with van der Waals surface area (Å²) in [4.78, 5) is 22.1. The number of nitrogens with one attached hydrogen (secondary N) is 1. The van der Waals surface area contributed by atoms with Gasteiger partial charge in [0.25, 0.3) is 0 Å². The number of aromatic nitrogens is 2. The quantitative estimate of drug-likeness (QED) is 0.898. The highest BCUT2D eigenvalue weighted by Gasteiger charge is 2.27. The van der Waals surface area contributed by atoms with E-state index in [9.17, 15) is 4.79 Å². The first-order chi connectivity index (χ1) is 11.5. The number of hydrogen-bond donors (Lipinski definition) is 1. The predicted octanol–water partition coefficient (Wildman–Crippen LogP) is 2.73. The Labute approximate surface area is 145 Å². The van der Waals surface area contributed by atoms with Crippen LogP contribution < -0.4 is 5.32 Å². The normalized spacial score (nSPS) is 17.7. The van der Waals surface area contributed by atoms with Gasteiger partial charge >= 0.3 is 6.03 Å². The molecule has 1 aliphatic heterocycles. The Morgan fingerprint density at radius 2 is 2.38 bits per heavy atom. The Hall–Kier alpha value is -1.93. The lowest BCUT2D eigenvalue weighted by Gasteiger charge is -2.21. The molecule has 2 aromatic rings. The number of amides is 2. The lowest BCUT2D eigenvalue weighted by molar-refractivity contribution is 0.216. The van der Waals surface area contributed by atoms with Crippen LogP contribution in [0.3, 0.4) is 0 Å². The summed E-state index contributed by atoms with van der Waals surface area (Å²) in [5.74, 6) is 0.994. The molecule has 130 valence electrons. The molecule has 0 radical (unpaired) electrons. The third-order valence-corrected chi connectivity index (χ3v) is 5.29. The van der Waals surface area contributed by atoms with Crippen molar-refractivity contribution >= 4 is 23.2 Å². The second-order valence-electron chi connectivity index (χ2n) is 6.43. The second-order valence-corrected chi connectivity index (χ2v) is 7.37. The second kappa shape index (κ2) is 7.31. The number of carbonyl (C=O) groups excluding carboxylic acids is 1. The van der Waals surface area contributed by atoms with Crippen molar-refractivity contribution in [3.63, 3.8) is 0 Å². The van der Waals surface area contributed by atoms with Crippen LogP contribution in [-0.4, -0.2) is 52.7 Å². The van der Waals surface area contributed by atoms with Crippen LogP contribution in [0.4, 0.5) is 10.6 Å². The standard InChI is InChI=1S/C16H23N5O2S/c1-11-9-23-19-15(11)18-16(22)21-5-4-13(7-21)6-20(3)8-14-12(2)17-10-24-14/h9-10,13H,4-8H2,1-3H3,(H,18,19,22)/t13-/m1/s1. The van der Waals surface area contributed by atoms with Gasteiger partial charge in [0.15, 0.2) is 5.82 Å². The average molecular weight is 349 g/mol. The third-order valence-electron chi connectivity index (χ3n) is 4.37. The lowest BCUT2D eigenvalue weighted by Crippen LogP contribution is -2.34. The van der Waals surface area contributed by atoms with Gasteiger partial charge in [-0.3, -0.25) is 5.32 Å². The largest absolute Gasteiger partial charge is 0.362 e. The van der Waals surface area contributed by atoms with Gasteiger partial charge in [0.2, 0.25) is 0 Å². The van der Waals surface area contributed by atoms with E-state index in [1.807, 2.05) is 24.3 Å². The Balaban J connectivity index is 1.47. The minimum Gasteiger partial charge on any atom is -0.362 e. The number of rotatable bonds is 5. The summed E-state index contributed by atoms with van der Waals surface area (Å²) in [6.07, 6.45) is 2.55. The molecule has 2 amide bonds. The number of hydrogen-bond acceptors (Lipinski definition) is 6. The van der Waals surface area contributed by atoms with E-state index in [1.54, 1.807) is 11.3 Å². The van der Waals surface area contributed by atoms with E-state index in [0.29, 0.717) is 11.7 Å². The Morgan fingerprint density at radius 1 is 1.54 bits per heavy atom. The Morgan fingerprint density at radius 3 is 3.04 bits per heavy atom. The van der Waals surface area contributed by atoms with E-state index in [0.717, 1.165) is 43.9 Å². The zero-order valence-corrected chi connectivity index (χ0v) is 15.1. The minimum atomic E-state index is -0.101. The van der Waals surface area contributed by atoms with Crippen molar-refractivity contribution in [3.8, 4) is 0 Å². The maximum atomic E-state index is 12.3. The van der Waals surface area contributed by atoms with Crippen molar-refractivity contribution in [1.29, 1.82) is 0 Å². The summed E-state index contributed by atoms with van der Waals surface area (Å²) >= 11 is 1.70. The molecular formula is C16H23N5O2S. The fraction of sp³-hybridized carbons (Fsp3) is 0.562.